The zero-order chi connectivity index (χ0) is 21.9. The first-order valence-electron chi connectivity index (χ1n) is 11.3. The third-order valence-electron chi connectivity index (χ3n) is 6.33. The van der Waals surface area contributed by atoms with E-state index in [1.54, 1.807) is 6.20 Å². The summed E-state index contributed by atoms with van der Waals surface area (Å²) in [5.41, 5.74) is 2.71. The number of aromatic amines is 1. The van der Waals surface area contributed by atoms with E-state index in [9.17, 15) is 4.79 Å². The number of H-pyrrole nitrogens is 1. The minimum Gasteiger partial charge on any atom is -0.360 e. The molecule has 2 fully saturated rings. The summed E-state index contributed by atoms with van der Waals surface area (Å²) < 4.78 is 0. The van der Waals surface area contributed by atoms with Crippen LogP contribution in [0.5, 0.6) is 0 Å². The molecule has 1 saturated carbocycles. The Labute approximate surface area is 192 Å². The molecule has 2 amide bonds. The molecule has 0 spiro atoms. The number of fused-ring (bicyclic) bond motifs is 1. The normalized spacial score (nSPS) is 21.5. The van der Waals surface area contributed by atoms with Gasteiger partial charge in [-0.3, -0.25) is 0 Å². The van der Waals surface area contributed by atoms with Gasteiger partial charge in [0.05, 0.1) is 16.9 Å². The molecule has 0 radical (unpaired) electrons. The number of amides is 2. The Morgan fingerprint density at radius 3 is 2.84 bits per heavy atom. The maximum absolute atomic E-state index is 12.6. The van der Waals surface area contributed by atoms with Crippen LogP contribution in [0.25, 0.3) is 22.2 Å². The quantitative estimate of drug-likeness (QED) is 0.483. The van der Waals surface area contributed by atoms with Gasteiger partial charge < -0.3 is 25.8 Å². The number of halogens is 1. The van der Waals surface area contributed by atoms with Crippen molar-refractivity contribution in [2.24, 2.45) is 0 Å². The number of nitrogens with zero attached hydrogens (tertiary/aromatic N) is 3. The summed E-state index contributed by atoms with van der Waals surface area (Å²) >= 11 is 6.46. The fourth-order valence-corrected chi connectivity index (χ4v) is 4.85. The molecule has 1 aliphatic heterocycles. The molecule has 9 heteroatoms. The summed E-state index contributed by atoms with van der Waals surface area (Å²) in [4.78, 5) is 26.9. The van der Waals surface area contributed by atoms with E-state index in [0.717, 1.165) is 68.3 Å². The Morgan fingerprint density at radius 1 is 1.16 bits per heavy atom. The second-order valence-corrected chi connectivity index (χ2v) is 8.94. The van der Waals surface area contributed by atoms with Gasteiger partial charge in [-0.1, -0.05) is 29.8 Å². The SMILES string of the molecule is O=C(NC1CCCC(Nc2ncc(Cl)c(-c3c[nH]c4ccccc34)n2)C1)N1CCNCC1. The van der Waals surface area contributed by atoms with E-state index < -0.39 is 0 Å². The summed E-state index contributed by atoms with van der Waals surface area (Å²) in [6, 6.07) is 8.49. The van der Waals surface area contributed by atoms with Gasteiger partial charge in [0.15, 0.2) is 0 Å². The standard InChI is InChI=1S/C23H28ClN7O/c24-19-14-27-22(30-21(19)18-13-26-20-7-2-1-6-17(18)20)28-15-4-3-5-16(12-15)29-23(32)31-10-8-25-9-11-31/h1-2,6-7,13-16,25-26H,3-5,8-12H2,(H,29,32)(H,27,28,30). The van der Waals surface area contributed by atoms with Crippen LogP contribution < -0.4 is 16.0 Å². The summed E-state index contributed by atoms with van der Waals surface area (Å²) in [6.07, 6.45) is 7.51. The molecule has 32 heavy (non-hydrogen) atoms. The molecule has 3 aromatic rings. The third kappa shape index (κ3) is 4.52. The Hall–Kier alpha value is -2.84. The van der Waals surface area contributed by atoms with Crippen LogP contribution in [-0.2, 0) is 0 Å². The van der Waals surface area contributed by atoms with E-state index in [1.165, 1.54) is 0 Å². The van der Waals surface area contributed by atoms with E-state index in [-0.39, 0.29) is 18.1 Å². The van der Waals surface area contributed by atoms with Crippen molar-refractivity contribution >= 4 is 34.5 Å². The van der Waals surface area contributed by atoms with Gasteiger partial charge in [0.2, 0.25) is 5.95 Å². The van der Waals surface area contributed by atoms with Crippen molar-refractivity contribution in [3.8, 4) is 11.3 Å². The first-order chi connectivity index (χ1) is 15.7. The smallest absolute Gasteiger partial charge is 0.317 e. The van der Waals surface area contributed by atoms with E-state index in [0.29, 0.717) is 16.7 Å². The van der Waals surface area contributed by atoms with Crippen LogP contribution in [0.2, 0.25) is 5.02 Å². The molecule has 0 bridgehead atoms. The molecule has 4 N–H and O–H groups in total. The van der Waals surface area contributed by atoms with Crippen molar-refractivity contribution in [2.45, 2.75) is 37.8 Å². The second kappa shape index (κ2) is 9.34. The predicted octanol–water partition coefficient (Wildman–Crippen LogP) is 3.62. The highest BCUT2D eigenvalue weighted by Gasteiger charge is 2.26. The molecular formula is C23H28ClN7O. The Bertz CT molecular complexity index is 1090. The lowest BCUT2D eigenvalue weighted by molar-refractivity contribution is 0.182. The van der Waals surface area contributed by atoms with Crippen LogP contribution in [-0.4, -0.2) is 64.1 Å². The molecule has 1 aromatic carbocycles. The summed E-state index contributed by atoms with van der Waals surface area (Å²) in [5, 5.41) is 11.6. The van der Waals surface area contributed by atoms with Gasteiger partial charge in [0.25, 0.3) is 0 Å². The molecule has 168 valence electrons. The van der Waals surface area contributed by atoms with E-state index in [2.05, 4.69) is 32.0 Å². The van der Waals surface area contributed by atoms with Crippen molar-refractivity contribution in [1.82, 2.24) is 30.5 Å². The fraction of sp³-hybridized carbons (Fsp3) is 0.435. The zero-order valence-electron chi connectivity index (χ0n) is 17.9. The largest absolute Gasteiger partial charge is 0.360 e. The second-order valence-electron chi connectivity index (χ2n) is 8.53. The number of hydrogen-bond acceptors (Lipinski definition) is 5. The number of anilines is 1. The predicted molar refractivity (Wildman–Crippen MR) is 127 cm³/mol. The molecule has 2 atom stereocenters. The highest BCUT2D eigenvalue weighted by atomic mass is 35.5. The number of piperazine rings is 1. The molecular weight excluding hydrogens is 426 g/mol. The van der Waals surface area contributed by atoms with E-state index >= 15 is 0 Å². The van der Waals surface area contributed by atoms with E-state index in [1.807, 2.05) is 29.3 Å². The fourth-order valence-electron chi connectivity index (χ4n) is 4.66. The molecule has 2 aromatic heterocycles. The lowest BCUT2D eigenvalue weighted by Gasteiger charge is -2.33. The van der Waals surface area contributed by atoms with Gasteiger partial charge in [0.1, 0.15) is 0 Å². The summed E-state index contributed by atoms with van der Waals surface area (Å²) in [5.74, 6) is 0.564. The first-order valence-corrected chi connectivity index (χ1v) is 11.7. The van der Waals surface area contributed by atoms with Gasteiger partial charge >= 0.3 is 6.03 Å². The Morgan fingerprint density at radius 2 is 1.97 bits per heavy atom. The lowest BCUT2D eigenvalue weighted by Crippen LogP contribution is -2.53. The van der Waals surface area contributed by atoms with Gasteiger partial charge in [-0.15, -0.1) is 0 Å². The molecule has 2 unspecified atom stereocenters. The van der Waals surface area contributed by atoms with Crippen molar-refractivity contribution in [3.63, 3.8) is 0 Å². The number of carbonyl (C=O) groups excluding carboxylic acids is 1. The van der Waals surface area contributed by atoms with Crippen molar-refractivity contribution in [1.29, 1.82) is 0 Å². The number of carbonyl (C=O) groups is 1. The van der Waals surface area contributed by atoms with Crippen LogP contribution in [0.1, 0.15) is 25.7 Å². The Balaban J connectivity index is 1.27. The lowest BCUT2D eigenvalue weighted by atomic mass is 9.91. The molecule has 2 aliphatic rings. The topological polar surface area (TPSA) is 98.0 Å². The average Bonchev–Trinajstić information content (AvgIpc) is 3.25. The molecule has 1 saturated heterocycles. The first kappa shape index (κ1) is 21.0. The number of benzene rings is 1. The van der Waals surface area contributed by atoms with Crippen LogP contribution in [0.4, 0.5) is 10.7 Å². The Kier molecular flexibility index (Phi) is 6.14. The molecule has 5 rings (SSSR count). The minimum atomic E-state index is 0.0431. The van der Waals surface area contributed by atoms with Gasteiger partial charge in [-0.05, 0) is 31.7 Å². The number of aromatic nitrogens is 3. The average molecular weight is 454 g/mol. The third-order valence-corrected chi connectivity index (χ3v) is 6.60. The number of urea groups is 1. The maximum atomic E-state index is 12.6. The molecule has 8 nitrogen and oxygen atoms in total. The molecule has 1 aliphatic carbocycles. The number of rotatable bonds is 4. The highest BCUT2D eigenvalue weighted by molar-refractivity contribution is 6.33. The highest BCUT2D eigenvalue weighted by Crippen LogP contribution is 2.32. The number of para-hydroxylation sites is 1. The van der Waals surface area contributed by atoms with Crippen LogP contribution >= 0.6 is 11.6 Å². The van der Waals surface area contributed by atoms with E-state index in [4.69, 9.17) is 16.6 Å². The monoisotopic (exact) mass is 453 g/mol. The zero-order valence-corrected chi connectivity index (χ0v) is 18.7. The maximum Gasteiger partial charge on any atom is 0.317 e. The summed E-state index contributed by atoms with van der Waals surface area (Å²) in [6.45, 7) is 3.23. The summed E-state index contributed by atoms with van der Waals surface area (Å²) in [7, 11) is 0. The van der Waals surface area contributed by atoms with Crippen LogP contribution in [0.15, 0.2) is 36.7 Å². The minimum absolute atomic E-state index is 0.0431. The van der Waals surface area contributed by atoms with Crippen molar-refractivity contribution in [3.05, 3.63) is 41.7 Å². The van der Waals surface area contributed by atoms with Crippen molar-refractivity contribution < 1.29 is 4.79 Å². The number of nitrogens with one attached hydrogen (secondary N) is 4. The van der Waals surface area contributed by atoms with Crippen LogP contribution in [0.3, 0.4) is 0 Å². The van der Waals surface area contributed by atoms with Gasteiger partial charge in [-0.25, -0.2) is 14.8 Å². The molecule has 3 heterocycles. The van der Waals surface area contributed by atoms with Crippen molar-refractivity contribution in [2.75, 3.05) is 31.5 Å². The van der Waals surface area contributed by atoms with Crippen LogP contribution in [0, 0.1) is 0 Å². The number of hydrogen-bond donors (Lipinski definition) is 4. The van der Waals surface area contributed by atoms with Gasteiger partial charge in [0, 0.05) is 60.9 Å². The van der Waals surface area contributed by atoms with Gasteiger partial charge in [-0.2, -0.15) is 0 Å².